The van der Waals surface area contributed by atoms with Crippen molar-refractivity contribution in [3.63, 3.8) is 0 Å². The minimum atomic E-state index is 0. The third-order valence-corrected chi connectivity index (χ3v) is 1.38. The Hall–Kier alpha value is 0.180. The number of benzene rings is 1. The second-order valence-electron chi connectivity index (χ2n) is 1.64. The first kappa shape index (κ1) is 10.2. The topological polar surface area (TPSA) is 17.1 Å². The van der Waals surface area contributed by atoms with E-state index in [9.17, 15) is 4.79 Å². The summed E-state index contributed by atoms with van der Waals surface area (Å²) in [4.78, 5) is 10.1. The van der Waals surface area contributed by atoms with E-state index in [1.54, 1.807) is 24.3 Å². The zero-order valence-corrected chi connectivity index (χ0v) is 8.43. The van der Waals surface area contributed by atoms with Crippen molar-refractivity contribution in [2.45, 2.75) is 0 Å². The van der Waals surface area contributed by atoms with Gasteiger partial charge in [0.25, 0.3) is 0 Å². The molecular formula is C7H5ClNaO. The van der Waals surface area contributed by atoms with Crippen molar-refractivity contribution in [2.24, 2.45) is 0 Å². The van der Waals surface area contributed by atoms with E-state index in [0.717, 1.165) is 6.29 Å². The minimum absolute atomic E-state index is 0. The van der Waals surface area contributed by atoms with Crippen LogP contribution in [0.5, 0.6) is 0 Å². The molecule has 0 bridgehead atoms. The van der Waals surface area contributed by atoms with Crippen molar-refractivity contribution < 1.29 is 4.79 Å². The quantitative estimate of drug-likeness (QED) is 0.456. The van der Waals surface area contributed by atoms with Crippen molar-refractivity contribution in [1.82, 2.24) is 0 Å². The molecule has 0 amide bonds. The molecule has 0 saturated heterocycles. The van der Waals surface area contributed by atoms with Gasteiger partial charge in [-0.2, -0.15) is 0 Å². The third kappa shape index (κ3) is 2.43. The average Bonchev–Trinajstić information content (AvgIpc) is 1.89. The minimum Gasteiger partial charge on any atom is -0.298 e. The van der Waals surface area contributed by atoms with E-state index >= 15 is 0 Å². The molecule has 0 N–H and O–H groups in total. The number of hydrogen-bond acceptors (Lipinski definition) is 1. The van der Waals surface area contributed by atoms with Crippen LogP contribution in [0.2, 0.25) is 5.02 Å². The molecule has 1 radical (unpaired) electrons. The molecule has 0 fully saturated rings. The van der Waals surface area contributed by atoms with Gasteiger partial charge < -0.3 is 0 Å². The van der Waals surface area contributed by atoms with Crippen LogP contribution >= 0.6 is 11.6 Å². The normalized spacial score (nSPS) is 8.10. The first-order valence-corrected chi connectivity index (χ1v) is 2.92. The third-order valence-electron chi connectivity index (χ3n) is 1.03. The van der Waals surface area contributed by atoms with E-state index < -0.39 is 0 Å². The van der Waals surface area contributed by atoms with Gasteiger partial charge in [0, 0.05) is 35.1 Å². The number of halogens is 1. The first-order valence-electron chi connectivity index (χ1n) is 2.54. The summed E-state index contributed by atoms with van der Waals surface area (Å²) in [5.74, 6) is 0. The number of rotatable bonds is 1. The van der Waals surface area contributed by atoms with Crippen molar-refractivity contribution in [3.05, 3.63) is 34.9 Å². The van der Waals surface area contributed by atoms with E-state index in [1.807, 2.05) is 0 Å². The van der Waals surface area contributed by atoms with Gasteiger partial charge in [0.2, 0.25) is 0 Å². The summed E-state index contributed by atoms with van der Waals surface area (Å²) in [6.07, 6.45) is 0.738. The predicted octanol–water partition coefficient (Wildman–Crippen LogP) is 1.77. The van der Waals surface area contributed by atoms with Gasteiger partial charge in [-0.1, -0.05) is 29.8 Å². The van der Waals surface area contributed by atoms with Crippen molar-refractivity contribution >= 4 is 47.4 Å². The Morgan fingerprint density at radius 2 is 1.90 bits per heavy atom. The van der Waals surface area contributed by atoms with E-state index in [4.69, 9.17) is 11.6 Å². The SMILES string of the molecule is O=Cc1ccccc1Cl.[Na]. The van der Waals surface area contributed by atoms with Gasteiger partial charge in [-0.05, 0) is 6.07 Å². The second kappa shape index (κ2) is 4.91. The van der Waals surface area contributed by atoms with Gasteiger partial charge in [0.15, 0.2) is 6.29 Å². The molecule has 3 heteroatoms. The van der Waals surface area contributed by atoms with Crippen LogP contribution in [0.25, 0.3) is 0 Å². The monoisotopic (exact) mass is 163 g/mol. The molecule has 0 spiro atoms. The van der Waals surface area contributed by atoms with Gasteiger partial charge in [-0.25, -0.2) is 0 Å². The molecular weight excluding hydrogens is 159 g/mol. The Morgan fingerprint density at radius 1 is 1.30 bits per heavy atom. The smallest absolute Gasteiger partial charge is 0.151 e. The van der Waals surface area contributed by atoms with Gasteiger partial charge in [-0.3, -0.25) is 4.79 Å². The largest absolute Gasteiger partial charge is 0.298 e. The summed E-state index contributed by atoms with van der Waals surface area (Å²) in [5, 5.41) is 0.507. The summed E-state index contributed by atoms with van der Waals surface area (Å²) in [6.45, 7) is 0. The molecule has 0 saturated carbocycles. The molecule has 0 unspecified atom stereocenters. The summed E-state index contributed by atoms with van der Waals surface area (Å²) in [5.41, 5.74) is 0.541. The van der Waals surface area contributed by atoms with Gasteiger partial charge in [0.1, 0.15) is 0 Å². The average molecular weight is 164 g/mol. The maximum atomic E-state index is 10.1. The molecule has 1 aromatic carbocycles. The van der Waals surface area contributed by atoms with Crippen LogP contribution in [0.3, 0.4) is 0 Å². The standard InChI is InChI=1S/C7H5ClO.Na/c8-7-4-2-1-3-6(7)5-9;/h1-5H;. The molecule has 1 aromatic rings. The van der Waals surface area contributed by atoms with Crippen molar-refractivity contribution in [3.8, 4) is 0 Å². The zero-order valence-electron chi connectivity index (χ0n) is 5.67. The van der Waals surface area contributed by atoms with Gasteiger partial charge in [-0.15, -0.1) is 0 Å². The number of hydrogen-bond donors (Lipinski definition) is 0. The molecule has 0 aliphatic carbocycles. The molecule has 1 rings (SSSR count). The Labute approximate surface area is 86.7 Å². The number of carbonyl (C=O) groups excluding carboxylic acids is 1. The van der Waals surface area contributed by atoms with E-state index in [-0.39, 0.29) is 29.6 Å². The summed E-state index contributed by atoms with van der Waals surface area (Å²) in [7, 11) is 0. The second-order valence-corrected chi connectivity index (χ2v) is 2.05. The van der Waals surface area contributed by atoms with Crippen LogP contribution in [0.15, 0.2) is 24.3 Å². The van der Waals surface area contributed by atoms with E-state index in [0.29, 0.717) is 10.6 Å². The number of aldehydes is 1. The molecule has 0 heterocycles. The maximum Gasteiger partial charge on any atom is 0.151 e. The van der Waals surface area contributed by atoms with Crippen LogP contribution in [0.4, 0.5) is 0 Å². The Balaban J connectivity index is 0.000000810. The first-order chi connectivity index (χ1) is 4.34. The van der Waals surface area contributed by atoms with Crippen LogP contribution < -0.4 is 0 Å². The fraction of sp³-hybridized carbons (Fsp3) is 0. The fourth-order valence-electron chi connectivity index (χ4n) is 0.571. The van der Waals surface area contributed by atoms with E-state index in [2.05, 4.69) is 0 Å². The summed E-state index contributed by atoms with van der Waals surface area (Å²) < 4.78 is 0. The Kier molecular flexibility index (Phi) is 5.00. The van der Waals surface area contributed by atoms with Crippen LogP contribution in [-0.4, -0.2) is 35.8 Å². The number of carbonyl (C=O) groups is 1. The summed E-state index contributed by atoms with van der Waals surface area (Å²) in [6, 6.07) is 6.92. The van der Waals surface area contributed by atoms with Crippen LogP contribution in [-0.2, 0) is 0 Å². The Bertz CT molecular complexity index is 225. The molecule has 10 heavy (non-hydrogen) atoms. The molecule has 47 valence electrons. The van der Waals surface area contributed by atoms with E-state index in [1.165, 1.54) is 0 Å². The predicted molar refractivity (Wildman–Crippen MR) is 42.6 cm³/mol. The zero-order chi connectivity index (χ0) is 6.69. The maximum absolute atomic E-state index is 10.1. The van der Waals surface area contributed by atoms with Crippen LogP contribution in [0.1, 0.15) is 10.4 Å². The molecule has 0 aliphatic rings. The molecule has 0 atom stereocenters. The summed E-state index contributed by atoms with van der Waals surface area (Å²) >= 11 is 5.59. The van der Waals surface area contributed by atoms with Gasteiger partial charge in [0.05, 0.1) is 5.02 Å². The van der Waals surface area contributed by atoms with Crippen LogP contribution in [0, 0.1) is 0 Å². The molecule has 0 aliphatic heterocycles. The van der Waals surface area contributed by atoms with Gasteiger partial charge >= 0.3 is 0 Å². The molecule has 1 nitrogen and oxygen atoms in total. The van der Waals surface area contributed by atoms with Crippen molar-refractivity contribution in [2.75, 3.05) is 0 Å². The fourth-order valence-corrected chi connectivity index (χ4v) is 0.751. The molecule has 0 aromatic heterocycles. The Morgan fingerprint density at radius 3 is 2.30 bits per heavy atom. The van der Waals surface area contributed by atoms with Crippen molar-refractivity contribution in [1.29, 1.82) is 0 Å².